The summed E-state index contributed by atoms with van der Waals surface area (Å²) in [5.41, 5.74) is 0. The summed E-state index contributed by atoms with van der Waals surface area (Å²) in [6, 6.07) is 7.10. The van der Waals surface area contributed by atoms with Crippen LogP contribution in [0, 0.1) is 0 Å². The molecule has 1 heterocycles. The van der Waals surface area contributed by atoms with E-state index < -0.39 is 0 Å². The third-order valence-corrected chi connectivity index (χ3v) is 3.46. The van der Waals surface area contributed by atoms with Crippen molar-refractivity contribution in [3.63, 3.8) is 0 Å². The Kier molecular flexibility index (Phi) is 5.87. The molecule has 5 heteroatoms. The maximum Gasteiger partial charge on any atom is 0.344 e. The van der Waals surface area contributed by atoms with Crippen LogP contribution < -0.4 is 9.47 Å². The summed E-state index contributed by atoms with van der Waals surface area (Å²) in [6.45, 7) is 4.85. The van der Waals surface area contributed by atoms with E-state index in [0.717, 1.165) is 25.4 Å². The summed E-state index contributed by atoms with van der Waals surface area (Å²) in [4.78, 5) is 14.1. The van der Waals surface area contributed by atoms with Crippen molar-refractivity contribution in [2.45, 2.75) is 25.9 Å². The van der Waals surface area contributed by atoms with Crippen LogP contribution in [0.2, 0.25) is 0 Å². The van der Waals surface area contributed by atoms with E-state index >= 15 is 0 Å². The van der Waals surface area contributed by atoms with Crippen molar-refractivity contribution in [1.29, 1.82) is 0 Å². The minimum atomic E-state index is -0.336. The number of hydrogen-bond acceptors (Lipinski definition) is 5. The van der Waals surface area contributed by atoms with Crippen molar-refractivity contribution < 1.29 is 19.0 Å². The van der Waals surface area contributed by atoms with Crippen molar-refractivity contribution in [3.8, 4) is 11.5 Å². The molecule has 0 radical (unpaired) electrons. The molecule has 0 spiro atoms. The van der Waals surface area contributed by atoms with E-state index in [2.05, 4.69) is 4.90 Å². The molecule has 1 unspecified atom stereocenters. The number of nitrogens with zero attached hydrogens (tertiary/aromatic N) is 1. The number of benzene rings is 1. The highest BCUT2D eigenvalue weighted by molar-refractivity contribution is 5.71. The monoisotopic (exact) mass is 293 g/mol. The summed E-state index contributed by atoms with van der Waals surface area (Å²) in [5, 5.41) is 0. The maximum atomic E-state index is 11.7. The Hall–Kier alpha value is -1.75. The molecule has 0 saturated carbocycles. The molecule has 1 aliphatic rings. The normalized spacial score (nSPS) is 16.5. The Morgan fingerprint density at radius 2 is 1.81 bits per heavy atom. The smallest absolute Gasteiger partial charge is 0.344 e. The highest BCUT2D eigenvalue weighted by atomic mass is 16.6. The lowest BCUT2D eigenvalue weighted by Gasteiger charge is -2.20. The van der Waals surface area contributed by atoms with Crippen LogP contribution in [0.1, 0.15) is 19.8 Å². The van der Waals surface area contributed by atoms with Gasteiger partial charge in [-0.05, 0) is 57.1 Å². The molecule has 0 aromatic heterocycles. The van der Waals surface area contributed by atoms with Crippen LogP contribution in [0.5, 0.6) is 11.5 Å². The number of carbonyl (C=O) groups excluding carboxylic acids is 1. The number of hydrogen-bond donors (Lipinski definition) is 0. The molecule has 5 nitrogen and oxygen atoms in total. The predicted octanol–water partition coefficient (Wildman–Crippen LogP) is 2.10. The molecular formula is C16H23NO4. The zero-order chi connectivity index (χ0) is 15.1. The van der Waals surface area contributed by atoms with Crippen LogP contribution in [0.4, 0.5) is 0 Å². The molecule has 116 valence electrons. The van der Waals surface area contributed by atoms with Crippen LogP contribution in [0.15, 0.2) is 24.3 Å². The van der Waals surface area contributed by atoms with Gasteiger partial charge in [0.25, 0.3) is 0 Å². The second kappa shape index (κ2) is 7.88. The first-order valence-electron chi connectivity index (χ1n) is 7.36. The molecule has 1 aromatic carbocycles. The number of methoxy groups -OCH3 is 1. The van der Waals surface area contributed by atoms with Gasteiger partial charge >= 0.3 is 5.97 Å². The number of rotatable bonds is 7. The number of ether oxygens (including phenoxy) is 3. The Morgan fingerprint density at radius 3 is 2.43 bits per heavy atom. The SMILES string of the molecule is COc1ccc(OCC(=O)OC(C)CN2CCCC2)cc1. The summed E-state index contributed by atoms with van der Waals surface area (Å²) in [6.07, 6.45) is 2.37. The molecule has 0 aliphatic carbocycles. The molecule has 2 rings (SSSR count). The fourth-order valence-corrected chi connectivity index (χ4v) is 2.44. The van der Waals surface area contributed by atoms with E-state index in [1.807, 2.05) is 6.92 Å². The van der Waals surface area contributed by atoms with Gasteiger partial charge in [0.1, 0.15) is 17.6 Å². The average Bonchev–Trinajstić information content (AvgIpc) is 2.98. The van der Waals surface area contributed by atoms with Gasteiger partial charge in [0.15, 0.2) is 6.61 Å². The molecule has 1 saturated heterocycles. The first kappa shape index (κ1) is 15.6. The first-order valence-corrected chi connectivity index (χ1v) is 7.36. The lowest BCUT2D eigenvalue weighted by molar-refractivity contribution is -0.151. The third-order valence-electron chi connectivity index (χ3n) is 3.46. The largest absolute Gasteiger partial charge is 0.497 e. The van der Waals surface area contributed by atoms with Crippen LogP contribution in [0.25, 0.3) is 0 Å². The van der Waals surface area contributed by atoms with Crippen molar-refractivity contribution in [1.82, 2.24) is 4.90 Å². The Morgan fingerprint density at radius 1 is 1.19 bits per heavy atom. The van der Waals surface area contributed by atoms with Gasteiger partial charge in [-0.2, -0.15) is 0 Å². The highest BCUT2D eigenvalue weighted by Gasteiger charge is 2.17. The summed E-state index contributed by atoms with van der Waals surface area (Å²) in [7, 11) is 1.61. The van der Waals surface area contributed by atoms with E-state index in [-0.39, 0.29) is 18.7 Å². The number of likely N-dealkylation sites (tertiary alicyclic amines) is 1. The van der Waals surface area contributed by atoms with Gasteiger partial charge in [0.2, 0.25) is 0 Å². The van der Waals surface area contributed by atoms with Crippen molar-refractivity contribution in [3.05, 3.63) is 24.3 Å². The van der Waals surface area contributed by atoms with Crippen LogP contribution >= 0.6 is 0 Å². The second-order valence-electron chi connectivity index (χ2n) is 5.27. The lowest BCUT2D eigenvalue weighted by Crippen LogP contribution is -2.32. The van der Waals surface area contributed by atoms with Crippen LogP contribution in [-0.4, -0.2) is 50.3 Å². The Bertz CT molecular complexity index is 440. The Balaban J connectivity index is 1.68. The Labute approximate surface area is 125 Å². The van der Waals surface area contributed by atoms with Gasteiger partial charge < -0.3 is 14.2 Å². The standard InChI is InChI=1S/C16H23NO4/c1-13(11-17-9-3-4-10-17)21-16(18)12-20-15-7-5-14(19-2)6-8-15/h5-8,13H,3-4,9-12H2,1-2H3. The van der Waals surface area contributed by atoms with E-state index in [1.54, 1.807) is 31.4 Å². The van der Waals surface area contributed by atoms with Crippen LogP contribution in [0.3, 0.4) is 0 Å². The predicted molar refractivity (Wildman–Crippen MR) is 79.7 cm³/mol. The van der Waals surface area contributed by atoms with E-state index in [9.17, 15) is 4.79 Å². The number of esters is 1. The zero-order valence-corrected chi connectivity index (χ0v) is 12.7. The average molecular weight is 293 g/mol. The second-order valence-corrected chi connectivity index (χ2v) is 5.27. The van der Waals surface area contributed by atoms with Gasteiger partial charge in [-0.1, -0.05) is 0 Å². The number of carbonyl (C=O) groups is 1. The first-order chi connectivity index (χ1) is 10.2. The van der Waals surface area contributed by atoms with Crippen molar-refractivity contribution in [2.75, 3.05) is 33.4 Å². The quantitative estimate of drug-likeness (QED) is 0.721. The molecule has 1 fully saturated rings. The van der Waals surface area contributed by atoms with E-state index in [1.165, 1.54) is 12.8 Å². The van der Waals surface area contributed by atoms with Crippen molar-refractivity contribution >= 4 is 5.97 Å². The van der Waals surface area contributed by atoms with Crippen molar-refractivity contribution in [2.24, 2.45) is 0 Å². The molecule has 21 heavy (non-hydrogen) atoms. The van der Waals surface area contributed by atoms with E-state index in [4.69, 9.17) is 14.2 Å². The fourth-order valence-electron chi connectivity index (χ4n) is 2.44. The summed E-state index contributed by atoms with van der Waals surface area (Å²) in [5.74, 6) is 1.04. The van der Waals surface area contributed by atoms with Gasteiger partial charge in [-0.25, -0.2) is 4.79 Å². The van der Waals surface area contributed by atoms with Gasteiger partial charge in [-0.3, -0.25) is 4.90 Å². The zero-order valence-electron chi connectivity index (χ0n) is 12.7. The molecule has 1 atom stereocenters. The van der Waals surface area contributed by atoms with Crippen LogP contribution in [-0.2, 0) is 9.53 Å². The molecule has 1 aromatic rings. The highest BCUT2D eigenvalue weighted by Crippen LogP contribution is 2.17. The topological polar surface area (TPSA) is 48.0 Å². The summed E-state index contributed by atoms with van der Waals surface area (Å²) < 4.78 is 15.8. The molecule has 0 N–H and O–H groups in total. The van der Waals surface area contributed by atoms with E-state index in [0.29, 0.717) is 5.75 Å². The van der Waals surface area contributed by atoms with Gasteiger partial charge in [0, 0.05) is 6.54 Å². The molecule has 0 amide bonds. The minimum Gasteiger partial charge on any atom is -0.497 e. The lowest BCUT2D eigenvalue weighted by atomic mass is 10.3. The maximum absolute atomic E-state index is 11.7. The third kappa shape index (κ3) is 5.27. The van der Waals surface area contributed by atoms with Gasteiger partial charge in [-0.15, -0.1) is 0 Å². The molecular weight excluding hydrogens is 270 g/mol. The molecule has 0 bridgehead atoms. The summed E-state index contributed by atoms with van der Waals surface area (Å²) >= 11 is 0. The minimum absolute atomic E-state index is 0.0727. The fraction of sp³-hybridized carbons (Fsp3) is 0.562. The van der Waals surface area contributed by atoms with Gasteiger partial charge in [0.05, 0.1) is 7.11 Å². The molecule has 1 aliphatic heterocycles.